The van der Waals surface area contributed by atoms with E-state index >= 15 is 0 Å². The van der Waals surface area contributed by atoms with Gasteiger partial charge in [-0.05, 0) is 36.6 Å². The van der Waals surface area contributed by atoms with E-state index in [4.69, 9.17) is 5.84 Å². The van der Waals surface area contributed by atoms with E-state index in [9.17, 15) is 0 Å². The van der Waals surface area contributed by atoms with Crippen molar-refractivity contribution < 1.29 is 0 Å². The average Bonchev–Trinajstić information content (AvgIpc) is 2.82. The Morgan fingerprint density at radius 1 is 1.38 bits per heavy atom. The van der Waals surface area contributed by atoms with Crippen molar-refractivity contribution in [2.45, 2.75) is 31.4 Å². The normalized spacial score (nSPS) is 16.6. The highest BCUT2D eigenvalue weighted by Gasteiger charge is 2.14. The maximum absolute atomic E-state index is 5.33. The maximum atomic E-state index is 5.33. The van der Waals surface area contributed by atoms with E-state index in [1.54, 1.807) is 0 Å². The number of hydrogen-bond donors (Lipinski definition) is 2. The van der Waals surface area contributed by atoms with Gasteiger partial charge in [-0.1, -0.05) is 18.9 Å². The lowest BCUT2D eigenvalue weighted by molar-refractivity contribution is 0.623. The molecule has 1 aliphatic rings. The minimum atomic E-state index is 0.749. The highest BCUT2D eigenvalue weighted by atomic mass is 32.2. The van der Waals surface area contributed by atoms with Crippen molar-refractivity contribution in [3.05, 3.63) is 23.9 Å². The first-order chi connectivity index (χ1) is 7.88. The summed E-state index contributed by atoms with van der Waals surface area (Å²) >= 11 is 1.99. The molecular weight excluding hydrogens is 218 g/mol. The quantitative estimate of drug-likeness (QED) is 0.611. The van der Waals surface area contributed by atoms with Crippen molar-refractivity contribution in [2.24, 2.45) is 11.8 Å². The Labute approximate surface area is 101 Å². The lowest BCUT2D eigenvalue weighted by Gasteiger charge is -2.08. The second-order valence-electron chi connectivity index (χ2n) is 4.32. The van der Waals surface area contributed by atoms with Gasteiger partial charge in [0.1, 0.15) is 5.82 Å². The number of thioether (sulfide) groups is 1. The second kappa shape index (κ2) is 6.11. The molecule has 0 spiro atoms. The standard InChI is InChI=1S/C12H19N3S/c13-15-12-7-3-6-11(14-12)9-16-8-10-4-1-2-5-10/h3,6-7,10H,1-2,4-5,8-9,13H2,(H,14,15). The zero-order chi connectivity index (χ0) is 11.2. The molecule has 1 heterocycles. The maximum Gasteiger partial charge on any atom is 0.140 e. The molecule has 3 nitrogen and oxygen atoms in total. The molecule has 1 aromatic heterocycles. The molecule has 0 aliphatic heterocycles. The summed E-state index contributed by atoms with van der Waals surface area (Å²) < 4.78 is 0. The molecule has 16 heavy (non-hydrogen) atoms. The molecule has 1 aromatic rings. The summed E-state index contributed by atoms with van der Waals surface area (Å²) in [5.74, 6) is 9.29. The fourth-order valence-electron chi connectivity index (χ4n) is 2.15. The summed E-state index contributed by atoms with van der Waals surface area (Å²) in [4.78, 5) is 4.40. The van der Waals surface area contributed by atoms with Crippen molar-refractivity contribution in [3.8, 4) is 0 Å². The Hall–Kier alpha value is -0.740. The summed E-state index contributed by atoms with van der Waals surface area (Å²) in [6.07, 6.45) is 5.70. The fourth-order valence-corrected chi connectivity index (χ4v) is 3.30. The number of nitrogens with zero attached hydrogens (tertiary/aromatic N) is 1. The summed E-state index contributed by atoms with van der Waals surface area (Å²) in [7, 11) is 0. The number of pyridine rings is 1. The highest BCUT2D eigenvalue weighted by molar-refractivity contribution is 7.98. The van der Waals surface area contributed by atoms with Crippen LogP contribution in [0.25, 0.3) is 0 Å². The number of nitrogen functional groups attached to an aromatic ring is 1. The lowest BCUT2D eigenvalue weighted by atomic mass is 10.1. The molecule has 1 saturated carbocycles. The molecule has 0 radical (unpaired) electrons. The van der Waals surface area contributed by atoms with Gasteiger partial charge in [0, 0.05) is 5.75 Å². The smallest absolute Gasteiger partial charge is 0.140 e. The van der Waals surface area contributed by atoms with Gasteiger partial charge < -0.3 is 5.43 Å². The van der Waals surface area contributed by atoms with Crippen LogP contribution in [0, 0.1) is 5.92 Å². The molecule has 0 saturated heterocycles. The molecular formula is C12H19N3S. The Balaban J connectivity index is 1.75. The lowest BCUT2D eigenvalue weighted by Crippen LogP contribution is -2.09. The summed E-state index contributed by atoms with van der Waals surface area (Å²) in [5.41, 5.74) is 3.69. The van der Waals surface area contributed by atoms with Gasteiger partial charge in [-0.3, -0.25) is 0 Å². The first-order valence-corrected chi connectivity index (χ1v) is 7.04. The Kier molecular flexibility index (Phi) is 4.48. The summed E-state index contributed by atoms with van der Waals surface area (Å²) in [6, 6.07) is 5.93. The number of nitrogens with two attached hydrogens (primary N) is 1. The van der Waals surface area contributed by atoms with E-state index in [0.29, 0.717) is 0 Å². The SMILES string of the molecule is NNc1cccc(CSCC2CCCC2)n1. The molecule has 0 atom stereocenters. The number of hydrogen-bond acceptors (Lipinski definition) is 4. The Morgan fingerprint density at radius 2 is 2.19 bits per heavy atom. The number of rotatable bonds is 5. The van der Waals surface area contributed by atoms with Crippen LogP contribution in [0.4, 0.5) is 5.82 Å². The molecule has 1 aliphatic carbocycles. The van der Waals surface area contributed by atoms with Crippen LogP contribution >= 0.6 is 11.8 Å². The summed E-state index contributed by atoms with van der Waals surface area (Å²) in [6.45, 7) is 0. The van der Waals surface area contributed by atoms with E-state index in [2.05, 4.69) is 16.5 Å². The largest absolute Gasteiger partial charge is 0.308 e. The van der Waals surface area contributed by atoms with Crippen molar-refractivity contribution in [3.63, 3.8) is 0 Å². The minimum Gasteiger partial charge on any atom is -0.308 e. The van der Waals surface area contributed by atoms with Gasteiger partial charge >= 0.3 is 0 Å². The molecule has 0 amide bonds. The van der Waals surface area contributed by atoms with Crippen molar-refractivity contribution in [2.75, 3.05) is 11.2 Å². The van der Waals surface area contributed by atoms with Crippen molar-refractivity contribution in [1.29, 1.82) is 0 Å². The number of aromatic nitrogens is 1. The van der Waals surface area contributed by atoms with Crippen LogP contribution in [0.3, 0.4) is 0 Å². The first-order valence-electron chi connectivity index (χ1n) is 5.89. The van der Waals surface area contributed by atoms with Gasteiger partial charge in [-0.25, -0.2) is 10.8 Å². The molecule has 2 rings (SSSR count). The van der Waals surface area contributed by atoms with Gasteiger partial charge in [0.15, 0.2) is 0 Å². The molecule has 0 unspecified atom stereocenters. The van der Waals surface area contributed by atoms with Gasteiger partial charge in [0.05, 0.1) is 5.69 Å². The predicted molar refractivity (Wildman–Crippen MR) is 70.2 cm³/mol. The molecule has 1 fully saturated rings. The summed E-state index contributed by atoms with van der Waals surface area (Å²) in [5, 5.41) is 0. The third-order valence-corrected chi connectivity index (χ3v) is 4.24. The molecule has 4 heteroatoms. The van der Waals surface area contributed by atoms with Gasteiger partial charge in [0.25, 0.3) is 0 Å². The van der Waals surface area contributed by atoms with E-state index < -0.39 is 0 Å². The molecule has 0 bridgehead atoms. The van der Waals surface area contributed by atoms with Gasteiger partial charge in [-0.15, -0.1) is 0 Å². The van der Waals surface area contributed by atoms with Crippen LogP contribution < -0.4 is 11.3 Å². The van der Waals surface area contributed by atoms with Gasteiger partial charge in [0.2, 0.25) is 0 Å². The van der Waals surface area contributed by atoms with E-state index in [1.165, 1.54) is 31.4 Å². The zero-order valence-electron chi connectivity index (χ0n) is 9.48. The fraction of sp³-hybridized carbons (Fsp3) is 0.583. The van der Waals surface area contributed by atoms with Crippen LogP contribution in [-0.4, -0.2) is 10.7 Å². The molecule has 88 valence electrons. The van der Waals surface area contributed by atoms with Crippen molar-refractivity contribution >= 4 is 17.6 Å². The topological polar surface area (TPSA) is 50.9 Å². The highest BCUT2D eigenvalue weighted by Crippen LogP contribution is 2.28. The predicted octanol–water partition coefficient (Wildman–Crippen LogP) is 2.79. The Morgan fingerprint density at radius 3 is 2.94 bits per heavy atom. The van der Waals surface area contributed by atoms with Crippen LogP contribution in [-0.2, 0) is 5.75 Å². The van der Waals surface area contributed by atoms with E-state index in [-0.39, 0.29) is 0 Å². The van der Waals surface area contributed by atoms with Crippen molar-refractivity contribution in [1.82, 2.24) is 4.98 Å². The van der Waals surface area contributed by atoms with E-state index in [1.807, 2.05) is 23.9 Å². The Bertz CT molecular complexity index is 324. The van der Waals surface area contributed by atoms with E-state index in [0.717, 1.165) is 23.2 Å². The number of hydrazine groups is 1. The van der Waals surface area contributed by atoms with Crippen LogP contribution in [0.2, 0.25) is 0 Å². The first kappa shape index (κ1) is 11.7. The monoisotopic (exact) mass is 237 g/mol. The third kappa shape index (κ3) is 3.39. The third-order valence-electron chi connectivity index (χ3n) is 3.03. The van der Waals surface area contributed by atoms with Crippen LogP contribution in [0.5, 0.6) is 0 Å². The molecule has 0 aromatic carbocycles. The molecule has 3 N–H and O–H groups in total. The minimum absolute atomic E-state index is 0.749. The average molecular weight is 237 g/mol. The second-order valence-corrected chi connectivity index (χ2v) is 5.35. The number of nitrogens with one attached hydrogen (secondary N) is 1. The zero-order valence-corrected chi connectivity index (χ0v) is 10.3. The van der Waals surface area contributed by atoms with Gasteiger partial charge in [-0.2, -0.15) is 11.8 Å². The number of anilines is 1. The van der Waals surface area contributed by atoms with Crippen LogP contribution in [0.1, 0.15) is 31.4 Å². The van der Waals surface area contributed by atoms with Crippen LogP contribution in [0.15, 0.2) is 18.2 Å².